The van der Waals surface area contributed by atoms with Crippen LogP contribution in [0.5, 0.6) is 0 Å². The number of likely N-dealkylation sites (N-methyl/N-ethyl adjacent to an activating group) is 1. The predicted octanol–water partition coefficient (Wildman–Crippen LogP) is 4.81. The van der Waals surface area contributed by atoms with Crippen molar-refractivity contribution in [2.24, 2.45) is 0 Å². The van der Waals surface area contributed by atoms with E-state index in [1.807, 2.05) is 25.2 Å². The van der Waals surface area contributed by atoms with E-state index in [-0.39, 0.29) is 6.04 Å². The Morgan fingerprint density at radius 1 is 1.11 bits per heavy atom. The highest BCUT2D eigenvalue weighted by Gasteiger charge is 2.15. The van der Waals surface area contributed by atoms with Crippen molar-refractivity contribution in [2.75, 3.05) is 7.05 Å². The Labute approximate surface area is 124 Å². The van der Waals surface area contributed by atoms with Gasteiger partial charge in [-0.05, 0) is 55.3 Å². The van der Waals surface area contributed by atoms with Crippen molar-refractivity contribution in [1.82, 2.24) is 5.32 Å². The van der Waals surface area contributed by atoms with Crippen LogP contribution in [0.1, 0.15) is 22.7 Å². The van der Waals surface area contributed by atoms with E-state index in [9.17, 15) is 0 Å². The van der Waals surface area contributed by atoms with Crippen LogP contribution in [0.2, 0.25) is 10.0 Å². The van der Waals surface area contributed by atoms with Crippen LogP contribution in [0.25, 0.3) is 0 Å². The standard InChI is InChI=1S/C16H17Cl2N/c1-11-5-3-4-6-12(11)9-16(19-2)14-10-13(17)7-8-15(14)18/h3-8,10,16,19H,9H2,1-2H3. The van der Waals surface area contributed by atoms with Crippen LogP contribution in [0, 0.1) is 6.92 Å². The summed E-state index contributed by atoms with van der Waals surface area (Å²) >= 11 is 12.3. The Morgan fingerprint density at radius 2 is 1.84 bits per heavy atom. The molecule has 1 N–H and O–H groups in total. The minimum atomic E-state index is 0.160. The summed E-state index contributed by atoms with van der Waals surface area (Å²) in [5.74, 6) is 0. The van der Waals surface area contributed by atoms with Crippen molar-refractivity contribution in [2.45, 2.75) is 19.4 Å². The van der Waals surface area contributed by atoms with Crippen LogP contribution in [-0.2, 0) is 6.42 Å². The van der Waals surface area contributed by atoms with Gasteiger partial charge < -0.3 is 5.32 Å². The number of rotatable bonds is 4. The molecule has 0 saturated heterocycles. The monoisotopic (exact) mass is 293 g/mol. The van der Waals surface area contributed by atoms with Gasteiger partial charge in [-0.25, -0.2) is 0 Å². The van der Waals surface area contributed by atoms with Gasteiger partial charge in [0.25, 0.3) is 0 Å². The van der Waals surface area contributed by atoms with E-state index in [1.165, 1.54) is 11.1 Å². The number of hydrogen-bond donors (Lipinski definition) is 1. The first-order valence-corrected chi connectivity index (χ1v) is 7.04. The highest BCUT2D eigenvalue weighted by molar-refractivity contribution is 6.33. The van der Waals surface area contributed by atoms with Gasteiger partial charge in [-0.2, -0.15) is 0 Å². The molecule has 0 aromatic heterocycles. The van der Waals surface area contributed by atoms with Gasteiger partial charge in [0.2, 0.25) is 0 Å². The third-order valence-corrected chi connectivity index (χ3v) is 3.95. The summed E-state index contributed by atoms with van der Waals surface area (Å²) in [7, 11) is 1.94. The molecule has 0 heterocycles. The summed E-state index contributed by atoms with van der Waals surface area (Å²) < 4.78 is 0. The van der Waals surface area contributed by atoms with Crippen molar-refractivity contribution in [3.8, 4) is 0 Å². The second kappa shape index (κ2) is 6.42. The van der Waals surface area contributed by atoms with Gasteiger partial charge in [-0.1, -0.05) is 47.5 Å². The molecule has 0 fully saturated rings. The molecule has 2 aromatic carbocycles. The van der Waals surface area contributed by atoms with Crippen molar-refractivity contribution >= 4 is 23.2 Å². The van der Waals surface area contributed by atoms with Crippen LogP contribution in [0.4, 0.5) is 0 Å². The van der Waals surface area contributed by atoms with Gasteiger partial charge in [0, 0.05) is 16.1 Å². The first kappa shape index (κ1) is 14.4. The topological polar surface area (TPSA) is 12.0 Å². The van der Waals surface area contributed by atoms with E-state index >= 15 is 0 Å². The molecular weight excluding hydrogens is 277 g/mol. The van der Waals surface area contributed by atoms with E-state index in [1.54, 1.807) is 0 Å². The zero-order valence-corrected chi connectivity index (χ0v) is 12.6. The second-order valence-corrected chi connectivity index (χ2v) is 5.48. The lowest BCUT2D eigenvalue weighted by Gasteiger charge is -2.19. The highest BCUT2D eigenvalue weighted by Crippen LogP contribution is 2.29. The summed E-state index contributed by atoms with van der Waals surface area (Å²) in [5, 5.41) is 4.78. The molecule has 100 valence electrons. The van der Waals surface area contributed by atoms with Gasteiger partial charge in [0.15, 0.2) is 0 Å². The van der Waals surface area contributed by atoms with Crippen molar-refractivity contribution < 1.29 is 0 Å². The maximum absolute atomic E-state index is 6.28. The molecule has 1 nitrogen and oxygen atoms in total. The molecule has 0 aliphatic heterocycles. The fourth-order valence-electron chi connectivity index (χ4n) is 2.21. The molecule has 0 saturated carbocycles. The minimum absolute atomic E-state index is 0.160. The van der Waals surface area contributed by atoms with Crippen LogP contribution in [-0.4, -0.2) is 7.05 Å². The van der Waals surface area contributed by atoms with Crippen LogP contribution in [0.3, 0.4) is 0 Å². The van der Waals surface area contributed by atoms with E-state index in [4.69, 9.17) is 23.2 Å². The summed E-state index contributed by atoms with van der Waals surface area (Å²) in [6.45, 7) is 2.13. The highest BCUT2D eigenvalue weighted by atomic mass is 35.5. The number of benzene rings is 2. The third-order valence-electron chi connectivity index (χ3n) is 3.37. The molecule has 3 heteroatoms. The number of nitrogens with one attached hydrogen (secondary N) is 1. The van der Waals surface area contributed by atoms with E-state index in [0.717, 1.165) is 17.0 Å². The summed E-state index contributed by atoms with van der Waals surface area (Å²) in [6, 6.07) is 14.2. The Hall–Kier alpha value is -1.02. The fourth-order valence-corrected chi connectivity index (χ4v) is 2.64. The summed E-state index contributed by atoms with van der Waals surface area (Å²) in [4.78, 5) is 0. The van der Waals surface area contributed by atoms with Crippen molar-refractivity contribution in [1.29, 1.82) is 0 Å². The van der Waals surface area contributed by atoms with Gasteiger partial charge in [-0.3, -0.25) is 0 Å². The summed E-state index contributed by atoms with van der Waals surface area (Å²) in [6.07, 6.45) is 0.892. The SMILES string of the molecule is CNC(Cc1ccccc1C)c1cc(Cl)ccc1Cl. The zero-order chi connectivity index (χ0) is 13.8. The number of hydrogen-bond acceptors (Lipinski definition) is 1. The summed E-state index contributed by atoms with van der Waals surface area (Å²) in [5.41, 5.74) is 3.65. The molecule has 2 rings (SSSR count). The molecule has 0 spiro atoms. The van der Waals surface area contributed by atoms with Gasteiger partial charge in [0.1, 0.15) is 0 Å². The molecule has 0 radical (unpaired) electrons. The van der Waals surface area contributed by atoms with Gasteiger partial charge in [-0.15, -0.1) is 0 Å². The van der Waals surface area contributed by atoms with Gasteiger partial charge in [0.05, 0.1) is 0 Å². The van der Waals surface area contributed by atoms with Gasteiger partial charge >= 0.3 is 0 Å². The first-order chi connectivity index (χ1) is 9.11. The quantitative estimate of drug-likeness (QED) is 0.853. The molecule has 2 aromatic rings. The third kappa shape index (κ3) is 3.50. The fraction of sp³-hybridized carbons (Fsp3) is 0.250. The lowest BCUT2D eigenvalue weighted by molar-refractivity contribution is 0.591. The number of halogens is 2. The molecule has 0 aliphatic carbocycles. The van der Waals surface area contributed by atoms with Crippen molar-refractivity contribution in [3.05, 3.63) is 69.2 Å². The molecule has 1 atom stereocenters. The molecular formula is C16H17Cl2N. The maximum atomic E-state index is 6.28. The molecule has 19 heavy (non-hydrogen) atoms. The Balaban J connectivity index is 2.30. The van der Waals surface area contributed by atoms with Crippen LogP contribution >= 0.6 is 23.2 Å². The Kier molecular flexibility index (Phi) is 4.87. The molecule has 0 amide bonds. The first-order valence-electron chi connectivity index (χ1n) is 6.28. The largest absolute Gasteiger partial charge is 0.313 e. The molecule has 0 bridgehead atoms. The Morgan fingerprint density at radius 3 is 2.53 bits per heavy atom. The zero-order valence-electron chi connectivity index (χ0n) is 11.1. The van der Waals surface area contributed by atoms with E-state index in [0.29, 0.717) is 5.02 Å². The average molecular weight is 294 g/mol. The number of aryl methyl sites for hydroxylation is 1. The van der Waals surface area contributed by atoms with E-state index < -0.39 is 0 Å². The average Bonchev–Trinajstić information content (AvgIpc) is 2.41. The smallest absolute Gasteiger partial charge is 0.0454 e. The lowest BCUT2D eigenvalue weighted by atomic mass is 9.96. The van der Waals surface area contributed by atoms with Crippen molar-refractivity contribution in [3.63, 3.8) is 0 Å². The van der Waals surface area contributed by atoms with Crippen LogP contribution < -0.4 is 5.32 Å². The molecule has 1 unspecified atom stereocenters. The predicted molar refractivity (Wildman–Crippen MR) is 83.1 cm³/mol. The molecule has 0 aliphatic rings. The second-order valence-electron chi connectivity index (χ2n) is 4.64. The minimum Gasteiger partial charge on any atom is -0.313 e. The van der Waals surface area contributed by atoms with E-state index in [2.05, 4.69) is 36.5 Å². The van der Waals surface area contributed by atoms with Crippen LogP contribution in [0.15, 0.2) is 42.5 Å². The Bertz CT molecular complexity index is 566. The maximum Gasteiger partial charge on any atom is 0.0454 e. The lowest BCUT2D eigenvalue weighted by Crippen LogP contribution is -2.19. The normalized spacial score (nSPS) is 12.4.